The zero-order valence-electron chi connectivity index (χ0n) is 14.4. The number of nitrogens with one attached hydrogen (secondary N) is 2. The zero-order chi connectivity index (χ0) is 17.4. The smallest absolute Gasteiger partial charge is 0.233 e. The van der Waals surface area contributed by atoms with Crippen LogP contribution in [0.1, 0.15) is 32.8 Å². The van der Waals surface area contributed by atoms with Crippen LogP contribution in [0.2, 0.25) is 0 Å². The Morgan fingerprint density at radius 2 is 1.86 bits per heavy atom. The molecule has 0 aliphatic carbocycles. The summed E-state index contributed by atoms with van der Waals surface area (Å²) in [5.74, 6) is -0.0770. The van der Waals surface area contributed by atoms with Crippen LogP contribution in [0.15, 0.2) is 30.5 Å². The van der Waals surface area contributed by atoms with Gasteiger partial charge in [-0.1, -0.05) is 39.0 Å². The van der Waals surface area contributed by atoms with Crippen molar-refractivity contribution in [1.82, 2.24) is 10.3 Å². The summed E-state index contributed by atoms with van der Waals surface area (Å²) < 4.78 is 0. The van der Waals surface area contributed by atoms with Gasteiger partial charge < -0.3 is 21.1 Å². The number of hydrogen-bond acceptors (Lipinski definition) is 3. The molecule has 5 heteroatoms. The van der Waals surface area contributed by atoms with E-state index in [0.717, 1.165) is 20.1 Å². The molecule has 0 spiro atoms. The fraction of sp³-hybridized carbons (Fsp3) is 0.471. The van der Waals surface area contributed by atoms with Crippen LogP contribution in [0.4, 0.5) is 0 Å². The number of aromatic nitrogens is 1. The minimum Gasteiger partial charge on any atom is -0.400 e. The van der Waals surface area contributed by atoms with E-state index in [-0.39, 0.29) is 12.5 Å². The number of carbonyl (C=O) groups is 1. The molecule has 2 rings (SSSR count). The third kappa shape index (κ3) is 9.15. The third-order valence-electron chi connectivity index (χ3n) is 2.55. The van der Waals surface area contributed by atoms with Crippen molar-refractivity contribution in [3.05, 3.63) is 36.0 Å². The van der Waals surface area contributed by atoms with Gasteiger partial charge in [-0.2, -0.15) is 0 Å². The first-order chi connectivity index (χ1) is 10.7. The molecule has 126 valence electrons. The number of H-pyrrole nitrogens is 1. The Bertz CT molecular complexity index is 495. The fourth-order valence-corrected chi connectivity index (χ4v) is 1.55. The molecule has 1 amide bonds. The van der Waals surface area contributed by atoms with Gasteiger partial charge in [0.05, 0.1) is 6.54 Å². The summed E-state index contributed by atoms with van der Waals surface area (Å²) in [4.78, 5) is 13.5. The van der Waals surface area contributed by atoms with E-state index in [2.05, 4.69) is 35.4 Å². The van der Waals surface area contributed by atoms with E-state index in [1.54, 1.807) is 0 Å². The van der Waals surface area contributed by atoms with E-state index < -0.39 is 0 Å². The van der Waals surface area contributed by atoms with Gasteiger partial charge in [0, 0.05) is 30.8 Å². The fourth-order valence-electron chi connectivity index (χ4n) is 1.55. The minimum absolute atomic E-state index is 0.0770. The number of rotatable bonds is 3. The number of hydrogen-bond donors (Lipinski definition) is 4. The normalized spacial score (nSPS) is 8.50. The van der Waals surface area contributed by atoms with Gasteiger partial charge in [0.25, 0.3) is 0 Å². The molecule has 0 aliphatic heterocycles. The van der Waals surface area contributed by atoms with Gasteiger partial charge >= 0.3 is 0 Å². The van der Waals surface area contributed by atoms with Crippen molar-refractivity contribution in [2.75, 3.05) is 20.2 Å². The van der Waals surface area contributed by atoms with Crippen LogP contribution in [0, 0.1) is 6.92 Å². The highest BCUT2D eigenvalue weighted by molar-refractivity contribution is 5.82. The number of aryl methyl sites for hydroxylation is 1. The summed E-state index contributed by atoms with van der Waals surface area (Å²) in [6.07, 6.45) is 3.00. The number of aliphatic hydroxyl groups is 1. The Morgan fingerprint density at radius 3 is 2.36 bits per heavy atom. The van der Waals surface area contributed by atoms with E-state index >= 15 is 0 Å². The Hall–Kier alpha value is -1.85. The molecule has 5 nitrogen and oxygen atoms in total. The summed E-state index contributed by atoms with van der Waals surface area (Å²) in [5.41, 5.74) is 7.54. The van der Waals surface area contributed by atoms with Crippen molar-refractivity contribution in [2.45, 2.75) is 34.1 Å². The molecule has 0 saturated carbocycles. The topological polar surface area (TPSA) is 91.1 Å². The van der Waals surface area contributed by atoms with Crippen molar-refractivity contribution in [3.8, 4) is 0 Å². The molecule has 1 aromatic heterocycles. The highest BCUT2D eigenvalue weighted by Gasteiger charge is 1.94. The van der Waals surface area contributed by atoms with E-state index in [0.29, 0.717) is 0 Å². The highest BCUT2D eigenvalue weighted by atomic mass is 16.2. The van der Waals surface area contributed by atoms with Crippen LogP contribution in [0.5, 0.6) is 0 Å². The minimum atomic E-state index is -0.0770. The molecule has 1 aromatic carbocycles. The molecule has 0 saturated heterocycles. The largest absolute Gasteiger partial charge is 0.400 e. The third-order valence-corrected chi connectivity index (χ3v) is 2.55. The number of fused-ring (bicyclic) bond motifs is 1. The lowest BCUT2D eigenvalue weighted by Gasteiger charge is -1.97. The molecule has 1 heterocycles. The predicted molar refractivity (Wildman–Crippen MR) is 94.9 cm³/mol. The van der Waals surface area contributed by atoms with Crippen LogP contribution >= 0.6 is 0 Å². The second-order valence-corrected chi connectivity index (χ2v) is 4.07. The Morgan fingerprint density at radius 1 is 1.27 bits per heavy atom. The maximum Gasteiger partial charge on any atom is 0.233 e. The van der Waals surface area contributed by atoms with Crippen LogP contribution in [-0.2, 0) is 4.79 Å². The summed E-state index contributed by atoms with van der Waals surface area (Å²) in [6.45, 7) is 8.94. The number of para-hydroxylation sites is 1. The maximum atomic E-state index is 10.3. The lowest BCUT2D eigenvalue weighted by molar-refractivity contribution is -0.119. The molecule has 2 aromatic rings. The van der Waals surface area contributed by atoms with Gasteiger partial charge in [0.15, 0.2) is 0 Å². The van der Waals surface area contributed by atoms with Gasteiger partial charge in [0.2, 0.25) is 5.91 Å². The first-order valence-corrected chi connectivity index (χ1v) is 7.63. The highest BCUT2D eigenvalue weighted by Crippen LogP contribution is 2.15. The van der Waals surface area contributed by atoms with Gasteiger partial charge in [-0.05, 0) is 25.0 Å². The number of nitrogens with two attached hydrogens (primary N) is 1. The molecular formula is C17H31N3O2. The quantitative estimate of drug-likeness (QED) is 0.702. The molecular weight excluding hydrogens is 278 g/mol. The monoisotopic (exact) mass is 309 g/mol. The van der Waals surface area contributed by atoms with Crippen LogP contribution in [0.25, 0.3) is 10.9 Å². The second kappa shape index (κ2) is 15.5. The van der Waals surface area contributed by atoms with Crippen molar-refractivity contribution in [2.24, 2.45) is 5.73 Å². The van der Waals surface area contributed by atoms with E-state index in [1.807, 2.05) is 33.0 Å². The van der Waals surface area contributed by atoms with Crippen molar-refractivity contribution in [3.63, 3.8) is 0 Å². The summed E-state index contributed by atoms with van der Waals surface area (Å²) in [5, 5.41) is 10.9. The van der Waals surface area contributed by atoms with Crippen LogP contribution in [0.3, 0.4) is 0 Å². The van der Waals surface area contributed by atoms with Crippen molar-refractivity contribution >= 4 is 16.8 Å². The Labute approximate surface area is 133 Å². The van der Waals surface area contributed by atoms with E-state index in [4.69, 9.17) is 10.8 Å². The molecule has 0 bridgehead atoms. The summed E-state index contributed by atoms with van der Waals surface area (Å²) in [7, 11) is 1.00. The van der Waals surface area contributed by atoms with Crippen LogP contribution in [-0.4, -0.2) is 36.2 Å². The molecule has 0 aliphatic rings. The molecule has 0 radical (unpaired) electrons. The lowest BCUT2D eigenvalue weighted by atomic mass is 10.2. The molecule has 0 fully saturated rings. The number of benzene rings is 1. The summed E-state index contributed by atoms with van der Waals surface area (Å²) in [6, 6.07) is 8.31. The Balaban J connectivity index is 0. The number of carbonyl (C=O) groups excluding carboxylic acids is 1. The molecule has 0 unspecified atom stereocenters. The van der Waals surface area contributed by atoms with Gasteiger partial charge in [-0.3, -0.25) is 4.79 Å². The first-order valence-electron chi connectivity index (χ1n) is 7.63. The molecule has 5 N–H and O–H groups in total. The average Bonchev–Trinajstić information content (AvgIpc) is 2.98. The van der Waals surface area contributed by atoms with E-state index in [9.17, 15) is 4.79 Å². The first kappa shape index (κ1) is 22.4. The zero-order valence-corrected chi connectivity index (χ0v) is 14.4. The standard InChI is InChI=1S/C9H9N.C5H12N2O.C2H6.CH4O/c1-7-6-10-9-5-3-2-4-8(7)9;1-2-3-7-5(8)4-6;2*1-2/h2-6,10H,1H3;2-4,6H2,1H3,(H,7,8);1-2H3;2H,1H3. The summed E-state index contributed by atoms with van der Waals surface area (Å²) >= 11 is 0. The second-order valence-electron chi connectivity index (χ2n) is 4.07. The SMILES string of the molecule is CC.CCCNC(=O)CN.CO.Cc1c[nH]c2ccccc12. The Kier molecular flexibility index (Phi) is 15.8. The van der Waals surface area contributed by atoms with Crippen LogP contribution < -0.4 is 11.1 Å². The van der Waals surface area contributed by atoms with Crippen molar-refractivity contribution < 1.29 is 9.90 Å². The lowest BCUT2D eigenvalue weighted by Crippen LogP contribution is -2.30. The molecule has 22 heavy (non-hydrogen) atoms. The number of aliphatic hydroxyl groups excluding tert-OH is 1. The van der Waals surface area contributed by atoms with Gasteiger partial charge in [-0.25, -0.2) is 0 Å². The predicted octanol–water partition coefficient (Wildman–Crippen LogP) is 2.58. The van der Waals surface area contributed by atoms with E-state index in [1.165, 1.54) is 16.5 Å². The number of amides is 1. The van der Waals surface area contributed by atoms with Gasteiger partial charge in [0.1, 0.15) is 0 Å². The molecule has 0 atom stereocenters. The maximum absolute atomic E-state index is 10.3. The number of aromatic amines is 1. The van der Waals surface area contributed by atoms with Gasteiger partial charge in [-0.15, -0.1) is 0 Å². The van der Waals surface area contributed by atoms with Crippen molar-refractivity contribution in [1.29, 1.82) is 0 Å². The average molecular weight is 309 g/mol.